The van der Waals surface area contributed by atoms with Crippen LogP contribution in [0.25, 0.3) is 0 Å². The predicted octanol–water partition coefficient (Wildman–Crippen LogP) is 2.90. The van der Waals surface area contributed by atoms with E-state index < -0.39 is 0 Å². The first-order chi connectivity index (χ1) is 12.6. The molecule has 2 amide bonds. The largest absolute Gasteiger partial charge is 0.360 e. The van der Waals surface area contributed by atoms with Crippen molar-refractivity contribution in [2.75, 3.05) is 26.2 Å². The van der Waals surface area contributed by atoms with Crippen LogP contribution in [-0.4, -0.2) is 52.9 Å². The number of carbonyl (C=O) groups excluding carboxylic acids is 2. The zero-order valence-corrected chi connectivity index (χ0v) is 15.8. The summed E-state index contributed by atoms with van der Waals surface area (Å²) in [5, 5.41) is 3.94. The van der Waals surface area contributed by atoms with Gasteiger partial charge in [-0.15, -0.1) is 0 Å². The molecule has 4 rings (SSSR count). The fraction of sp³-hybridized carbons (Fsp3) is 0.737. The average Bonchev–Trinajstić information content (AvgIpc) is 3.20. The maximum atomic E-state index is 13.1. The number of aromatic nitrogens is 1. The Labute approximate surface area is 158 Å². The molecule has 1 aromatic heterocycles. The lowest BCUT2D eigenvalue weighted by Gasteiger charge is -2.42. The van der Waals surface area contributed by atoms with Crippen LogP contribution in [0, 0.1) is 11.3 Å². The number of hydrogen-bond acceptors (Lipinski definition) is 4. The summed E-state index contributed by atoms with van der Waals surface area (Å²) >= 11 is 5.74. The Morgan fingerprint density at radius 2 is 2.15 bits per heavy atom. The van der Waals surface area contributed by atoms with Gasteiger partial charge in [-0.05, 0) is 38.0 Å². The molecular weight excluding hydrogens is 354 g/mol. The van der Waals surface area contributed by atoms with E-state index in [1.54, 1.807) is 6.07 Å². The Hall–Kier alpha value is -1.56. The monoisotopic (exact) mass is 379 g/mol. The Morgan fingerprint density at radius 3 is 2.85 bits per heavy atom. The van der Waals surface area contributed by atoms with Gasteiger partial charge in [-0.2, -0.15) is 0 Å². The van der Waals surface area contributed by atoms with Crippen molar-refractivity contribution in [3.63, 3.8) is 0 Å². The summed E-state index contributed by atoms with van der Waals surface area (Å²) in [5.74, 6) is 1.69. The van der Waals surface area contributed by atoms with Crippen molar-refractivity contribution in [3.8, 4) is 0 Å². The first-order valence-electron chi connectivity index (χ1n) is 9.74. The molecule has 1 aromatic rings. The van der Waals surface area contributed by atoms with E-state index in [1.807, 2.05) is 4.90 Å². The predicted molar refractivity (Wildman–Crippen MR) is 96.6 cm³/mol. The van der Waals surface area contributed by atoms with E-state index >= 15 is 0 Å². The number of aryl methyl sites for hydroxylation is 1. The van der Waals surface area contributed by atoms with Crippen molar-refractivity contribution >= 4 is 23.4 Å². The Balaban J connectivity index is 1.33. The highest BCUT2D eigenvalue weighted by atomic mass is 35.5. The van der Waals surface area contributed by atoms with Gasteiger partial charge in [0.2, 0.25) is 11.8 Å². The SMILES string of the molecule is O=C(CCc1cc(Cl)no1)N1CCC2(CCCN(CC3CCC3)C2=O)C1. The summed E-state index contributed by atoms with van der Waals surface area (Å²) in [6.07, 6.45) is 7.43. The van der Waals surface area contributed by atoms with Crippen molar-refractivity contribution in [3.05, 3.63) is 17.0 Å². The van der Waals surface area contributed by atoms with Gasteiger partial charge in [-0.3, -0.25) is 9.59 Å². The van der Waals surface area contributed by atoms with E-state index in [0.717, 1.165) is 32.4 Å². The van der Waals surface area contributed by atoms with Gasteiger partial charge in [0.05, 0.1) is 5.41 Å². The molecule has 0 bridgehead atoms. The van der Waals surface area contributed by atoms with E-state index in [1.165, 1.54) is 19.3 Å². The molecule has 1 atom stereocenters. The highest BCUT2D eigenvalue weighted by Crippen LogP contribution is 2.41. The lowest BCUT2D eigenvalue weighted by Crippen LogP contribution is -2.52. The molecule has 1 spiro atoms. The molecule has 2 aliphatic heterocycles. The molecule has 1 unspecified atom stereocenters. The van der Waals surface area contributed by atoms with Gasteiger partial charge < -0.3 is 14.3 Å². The second-order valence-corrected chi connectivity index (χ2v) is 8.50. The van der Waals surface area contributed by atoms with Crippen molar-refractivity contribution in [2.45, 2.75) is 51.4 Å². The van der Waals surface area contributed by atoms with Crippen LogP contribution in [0.2, 0.25) is 5.15 Å². The minimum Gasteiger partial charge on any atom is -0.360 e. The highest BCUT2D eigenvalue weighted by molar-refractivity contribution is 6.29. The van der Waals surface area contributed by atoms with Crippen LogP contribution in [0.5, 0.6) is 0 Å². The molecule has 2 saturated heterocycles. The number of halogens is 1. The Morgan fingerprint density at radius 1 is 1.31 bits per heavy atom. The number of likely N-dealkylation sites (tertiary alicyclic amines) is 2. The lowest BCUT2D eigenvalue weighted by molar-refractivity contribution is -0.147. The number of nitrogens with zero attached hydrogens (tertiary/aromatic N) is 3. The van der Waals surface area contributed by atoms with Crippen LogP contribution in [-0.2, 0) is 16.0 Å². The Bertz CT molecular complexity index is 687. The normalized spacial score (nSPS) is 26.6. The van der Waals surface area contributed by atoms with E-state index in [-0.39, 0.29) is 17.2 Å². The molecule has 0 aromatic carbocycles. The van der Waals surface area contributed by atoms with Crippen molar-refractivity contribution < 1.29 is 14.1 Å². The smallest absolute Gasteiger partial charge is 0.230 e. The van der Waals surface area contributed by atoms with E-state index in [0.29, 0.717) is 42.8 Å². The molecule has 3 aliphatic rings. The molecule has 6 nitrogen and oxygen atoms in total. The molecule has 1 aliphatic carbocycles. The number of rotatable bonds is 5. The maximum absolute atomic E-state index is 13.1. The van der Waals surface area contributed by atoms with Crippen LogP contribution in [0.1, 0.15) is 50.7 Å². The van der Waals surface area contributed by atoms with Gasteiger partial charge in [0.25, 0.3) is 0 Å². The third-order valence-electron chi connectivity index (χ3n) is 6.35. The maximum Gasteiger partial charge on any atom is 0.230 e. The molecular formula is C19H26ClN3O3. The van der Waals surface area contributed by atoms with Crippen molar-refractivity contribution in [1.82, 2.24) is 15.0 Å². The van der Waals surface area contributed by atoms with Gasteiger partial charge in [0, 0.05) is 45.1 Å². The molecule has 3 fully saturated rings. The second-order valence-electron chi connectivity index (χ2n) is 8.11. The molecule has 7 heteroatoms. The van der Waals surface area contributed by atoms with Gasteiger partial charge in [0.1, 0.15) is 5.76 Å². The topological polar surface area (TPSA) is 66.7 Å². The summed E-state index contributed by atoms with van der Waals surface area (Å²) in [4.78, 5) is 29.6. The molecule has 1 saturated carbocycles. The first-order valence-corrected chi connectivity index (χ1v) is 10.1. The van der Waals surface area contributed by atoms with Crippen LogP contribution >= 0.6 is 11.6 Å². The van der Waals surface area contributed by atoms with Crippen molar-refractivity contribution in [2.24, 2.45) is 11.3 Å². The zero-order valence-electron chi connectivity index (χ0n) is 15.1. The van der Waals surface area contributed by atoms with Crippen molar-refractivity contribution in [1.29, 1.82) is 0 Å². The quantitative estimate of drug-likeness (QED) is 0.788. The van der Waals surface area contributed by atoms with Gasteiger partial charge >= 0.3 is 0 Å². The molecule has 142 valence electrons. The fourth-order valence-electron chi connectivity index (χ4n) is 4.57. The van der Waals surface area contributed by atoms with Gasteiger partial charge in [-0.1, -0.05) is 23.2 Å². The molecule has 26 heavy (non-hydrogen) atoms. The summed E-state index contributed by atoms with van der Waals surface area (Å²) in [6.45, 7) is 3.06. The molecule has 0 radical (unpaired) electrons. The third-order valence-corrected chi connectivity index (χ3v) is 6.53. The van der Waals surface area contributed by atoms with Gasteiger partial charge in [0.15, 0.2) is 5.15 Å². The average molecular weight is 380 g/mol. The number of amides is 2. The van der Waals surface area contributed by atoms with E-state index in [4.69, 9.17) is 16.1 Å². The third kappa shape index (κ3) is 3.48. The van der Waals surface area contributed by atoms with E-state index in [2.05, 4.69) is 10.1 Å². The minimum atomic E-state index is -0.340. The van der Waals surface area contributed by atoms with E-state index in [9.17, 15) is 9.59 Å². The van der Waals surface area contributed by atoms with Crippen LogP contribution in [0.15, 0.2) is 10.6 Å². The van der Waals surface area contributed by atoms with Crippen LogP contribution in [0.4, 0.5) is 0 Å². The summed E-state index contributed by atoms with van der Waals surface area (Å²) in [7, 11) is 0. The van der Waals surface area contributed by atoms with Crippen LogP contribution in [0.3, 0.4) is 0 Å². The second kappa shape index (κ2) is 7.22. The summed E-state index contributed by atoms with van der Waals surface area (Å²) < 4.78 is 5.06. The fourth-order valence-corrected chi connectivity index (χ4v) is 4.73. The number of piperidine rings is 1. The first kappa shape index (κ1) is 17.8. The minimum absolute atomic E-state index is 0.0818. The lowest BCUT2D eigenvalue weighted by atomic mass is 9.77. The summed E-state index contributed by atoms with van der Waals surface area (Å²) in [6, 6.07) is 1.64. The highest BCUT2D eigenvalue weighted by Gasteiger charge is 2.49. The zero-order chi connectivity index (χ0) is 18.1. The Kier molecular flexibility index (Phi) is 4.95. The van der Waals surface area contributed by atoms with Crippen LogP contribution < -0.4 is 0 Å². The number of carbonyl (C=O) groups is 2. The standard InChI is InChI=1S/C19H26ClN3O3/c20-16-11-15(26-21-16)5-6-17(24)23-10-8-19(13-23)7-2-9-22(18(19)25)12-14-3-1-4-14/h11,14H,1-10,12-13H2. The number of hydrogen-bond donors (Lipinski definition) is 0. The molecule has 3 heterocycles. The van der Waals surface area contributed by atoms with Gasteiger partial charge in [-0.25, -0.2) is 0 Å². The molecule has 0 N–H and O–H groups in total. The summed E-state index contributed by atoms with van der Waals surface area (Å²) in [5.41, 5.74) is -0.340.